The lowest BCUT2D eigenvalue weighted by atomic mass is 9.83. The summed E-state index contributed by atoms with van der Waals surface area (Å²) in [5.74, 6) is 1.34. The number of aromatic hydroxyl groups is 1. The monoisotopic (exact) mass is 353 g/mol. The number of nitriles is 1. The summed E-state index contributed by atoms with van der Waals surface area (Å²) in [4.78, 5) is 5.84. The van der Waals surface area contributed by atoms with Gasteiger partial charge in [-0.3, -0.25) is 0 Å². The standard InChI is InChI=1S/C19H20FN5O/c1-25(16-7-11-2-3-12(6-11)19(16)20)18-5-4-15(23-24-18)14-10-22-13(9-21)8-17(14)26/h4-5,8,10-12,16,19H,2-3,6-7H2,1H3,(H,22,26)/t11-,12+,16+,19-/m0/s1. The van der Waals surface area contributed by atoms with Crippen LogP contribution in [0.2, 0.25) is 0 Å². The van der Waals surface area contributed by atoms with Crippen LogP contribution < -0.4 is 4.90 Å². The van der Waals surface area contributed by atoms with E-state index in [4.69, 9.17) is 5.26 Å². The van der Waals surface area contributed by atoms with Gasteiger partial charge in [-0.2, -0.15) is 5.26 Å². The van der Waals surface area contributed by atoms with Crippen LogP contribution in [0.25, 0.3) is 11.3 Å². The van der Waals surface area contributed by atoms with E-state index in [1.54, 1.807) is 12.1 Å². The lowest BCUT2D eigenvalue weighted by molar-refractivity contribution is 0.144. The van der Waals surface area contributed by atoms with Gasteiger partial charge in [-0.1, -0.05) is 0 Å². The van der Waals surface area contributed by atoms with E-state index >= 15 is 0 Å². The third kappa shape index (κ3) is 2.85. The minimum absolute atomic E-state index is 0.0698. The Balaban J connectivity index is 1.55. The van der Waals surface area contributed by atoms with Crippen LogP contribution in [0.1, 0.15) is 31.4 Å². The molecule has 2 aromatic heterocycles. The molecule has 2 aliphatic carbocycles. The molecule has 134 valence electrons. The van der Waals surface area contributed by atoms with Crippen molar-refractivity contribution in [1.29, 1.82) is 5.26 Å². The van der Waals surface area contributed by atoms with Crippen molar-refractivity contribution in [2.75, 3.05) is 11.9 Å². The Morgan fingerprint density at radius 1 is 1.27 bits per heavy atom. The zero-order valence-electron chi connectivity index (χ0n) is 14.5. The molecule has 7 heteroatoms. The zero-order valence-corrected chi connectivity index (χ0v) is 14.5. The number of pyridine rings is 1. The highest BCUT2D eigenvalue weighted by atomic mass is 19.1. The molecule has 6 nitrogen and oxygen atoms in total. The van der Waals surface area contributed by atoms with Crippen LogP contribution in [0.4, 0.5) is 10.2 Å². The van der Waals surface area contributed by atoms with Gasteiger partial charge in [0.05, 0.1) is 17.3 Å². The molecular weight excluding hydrogens is 333 g/mol. The number of alkyl halides is 1. The Kier molecular flexibility index (Phi) is 4.19. The number of hydrogen-bond acceptors (Lipinski definition) is 6. The van der Waals surface area contributed by atoms with Crippen molar-refractivity contribution < 1.29 is 9.50 Å². The maximum absolute atomic E-state index is 14.8. The molecule has 0 amide bonds. The first-order chi connectivity index (χ1) is 12.6. The summed E-state index contributed by atoms with van der Waals surface area (Å²) in [6.45, 7) is 0. The number of aromatic nitrogens is 3. The van der Waals surface area contributed by atoms with E-state index in [0.29, 0.717) is 23.0 Å². The van der Waals surface area contributed by atoms with Crippen LogP contribution in [-0.2, 0) is 0 Å². The Bertz CT molecular complexity index is 850. The number of fused-ring (bicyclic) bond motifs is 2. The van der Waals surface area contributed by atoms with Crippen molar-refractivity contribution in [3.63, 3.8) is 0 Å². The minimum Gasteiger partial charge on any atom is -0.507 e. The molecule has 0 saturated heterocycles. The molecule has 2 fully saturated rings. The van der Waals surface area contributed by atoms with Gasteiger partial charge >= 0.3 is 0 Å². The van der Waals surface area contributed by atoms with Crippen molar-refractivity contribution in [3.8, 4) is 23.1 Å². The fourth-order valence-electron chi connectivity index (χ4n) is 4.30. The van der Waals surface area contributed by atoms with Gasteiger partial charge in [0.1, 0.15) is 23.7 Å². The predicted molar refractivity (Wildman–Crippen MR) is 94.2 cm³/mol. The Morgan fingerprint density at radius 3 is 2.81 bits per heavy atom. The number of hydrogen-bond donors (Lipinski definition) is 1. The van der Waals surface area contributed by atoms with Crippen LogP contribution in [0, 0.1) is 23.2 Å². The molecule has 2 aromatic rings. The second kappa shape index (κ2) is 6.52. The summed E-state index contributed by atoms with van der Waals surface area (Å²) < 4.78 is 14.8. The van der Waals surface area contributed by atoms with Crippen molar-refractivity contribution in [2.45, 2.75) is 37.9 Å². The summed E-state index contributed by atoms with van der Waals surface area (Å²) in [5.41, 5.74) is 0.999. The molecule has 0 radical (unpaired) electrons. The van der Waals surface area contributed by atoms with E-state index in [-0.39, 0.29) is 23.4 Å². The maximum Gasteiger partial charge on any atom is 0.151 e. The summed E-state index contributed by atoms with van der Waals surface area (Å²) in [7, 11) is 1.87. The molecule has 1 N–H and O–H groups in total. The lowest BCUT2D eigenvalue weighted by Gasteiger charge is -2.38. The molecule has 0 spiro atoms. The smallest absolute Gasteiger partial charge is 0.151 e. The fourth-order valence-corrected chi connectivity index (χ4v) is 4.30. The molecule has 2 heterocycles. The molecule has 4 rings (SSSR count). The van der Waals surface area contributed by atoms with Crippen LogP contribution in [0.3, 0.4) is 0 Å². The third-order valence-electron chi connectivity index (χ3n) is 5.76. The van der Waals surface area contributed by atoms with Gasteiger partial charge < -0.3 is 10.0 Å². The first-order valence-corrected chi connectivity index (χ1v) is 8.87. The quantitative estimate of drug-likeness (QED) is 0.913. The predicted octanol–water partition coefficient (Wildman–Crippen LogP) is 3.08. The van der Waals surface area contributed by atoms with Crippen molar-refractivity contribution in [3.05, 3.63) is 30.1 Å². The summed E-state index contributed by atoms with van der Waals surface area (Å²) in [5, 5.41) is 27.2. The lowest BCUT2D eigenvalue weighted by Crippen LogP contribution is -2.46. The first kappa shape index (κ1) is 16.7. The number of nitrogens with zero attached hydrogens (tertiary/aromatic N) is 5. The Morgan fingerprint density at radius 2 is 2.12 bits per heavy atom. The zero-order chi connectivity index (χ0) is 18.3. The van der Waals surface area contributed by atoms with Crippen LogP contribution in [-0.4, -0.2) is 39.5 Å². The fraction of sp³-hybridized carbons (Fsp3) is 0.474. The van der Waals surface area contributed by atoms with E-state index in [1.165, 1.54) is 12.3 Å². The molecule has 0 aliphatic heterocycles. The molecule has 0 aromatic carbocycles. The first-order valence-electron chi connectivity index (χ1n) is 8.87. The highest BCUT2D eigenvalue weighted by Crippen LogP contribution is 2.45. The van der Waals surface area contributed by atoms with Gasteiger partial charge in [-0.25, -0.2) is 9.37 Å². The minimum atomic E-state index is -0.827. The summed E-state index contributed by atoms with van der Waals surface area (Å²) in [6, 6.07) is 6.52. The number of halogens is 1. The van der Waals surface area contributed by atoms with Gasteiger partial charge in [0, 0.05) is 19.3 Å². The van der Waals surface area contributed by atoms with Crippen molar-refractivity contribution in [1.82, 2.24) is 15.2 Å². The van der Waals surface area contributed by atoms with E-state index in [1.807, 2.05) is 18.0 Å². The molecule has 4 atom stereocenters. The third-order valence-corrected chi connectivity index (χ3v) is 5.76. The maximum atomic E-state index is 14.8. The SMILES string of the molecule is CN(c1ccc(-c2cnc(C#N)cc2O)nn1)[C@@H]1C[C@H]2CC[C@H](C2)[C@@H]1F. The number of rotatable bonds is 3. The van der Waals surface area contributed by atoms with Crippen LogP contribution in [0.5, 0.6) is 5.75 Å². The van der Waals surface area contributed by atoms with Crippen LogP contribution >= 0.6 is 0 Å². The van der Waals surface area contributed by atoms with E-state index in [9.17, 15) is 9.50 Å². The van der Waals surface area contributed by atoms with Gasteiger partial charge in [0.15, 0.2) is 5.82 Å². The highest BCUT2D eigenvalue weighted by Gasteiger charge is 2.44. The summed E-state index contributed by atoms with van der Waals surface area (Å²) in [6.07, 6.45) is 4.57. The van der Waals surface area contributed by atoms with Crippen molar-refractivity contribution >= 4 is 5.82 Å². The van der Waals surface area contributed by atoms with Gasteiger partial charge in [-0.05, 0) is 49.7 Å². The molecule has 2 aliphatic rings. The second-order valence-electron chi connectivity index (χ2n) is 7.27. The number of anilines is 1. The molecular formula is C19H20FN5O. The highest BCUT2D eigenvalue weighted by molar-refractivity contribution is 5.66. The second-order valence-corrected chi connectivity index (χ2v) is 7.27. The van der Waals surface area contributed by atoms with Gasteiger partial charge in [0.2, 0.25) is 0 Å². The normalized spacial score (nSPS) is 27.1. The molecule has 0 unspecified atom stereocenters. The molecule has 26 heavy (non-hydrogen) atoms. The largest absolute Gasteiger partial charge is 0.507 e. The Hall–Kier alpha value is -2.75. The summed E-state index contributed by atoms with van der Waals surface area (Å²) >= 11 is 0. The average molecular weight is 353 g/mol. The van der Waals surface area contributed by atoms with Gasteiger partial charge in [0.25, 0.3) is 0 Å². The van der Waals surface area contributed by atoms with E-state index in [2.05, 4.69) is 15.2 Å². The van der Waals surface area contributed by atoms with Gasteiger partial charge in [-0.15, -0.1) is 10.2 Å². The molecule has 2 bridgehead atoms. The van der Waals surface area contributed by atoms with Crippen molar-refractivity contribution in [2.24, 2.45) is 11.8 Å². The Labute approximate surface area is 151 Å². The van der Waals surface area contributed by atoms with Crippen LogP contribution in [0.15, 0.2) is 24.4 Å². The molecule has 2 saturated carbocycles. The van der Waals surface area contributed by atoms with E-state index in [0.717, 1.165) is 25.7 Å². The topological polar surface area (TPSA) is 85.9 Å². The van der Waals surface area contributed by atoms with E-state index < -0.39 is 6.17 Å². The average Bonchev–Trinajstić information content (AvgIpc) is 3.08.